The molecule has 0 heterocycles. The molecule has 0 aliphatic heterocycles. The average molecular weight is 801 g/mol. The Kier molecular flexibility index (Phi) is 10.1. The molecule has 0 saturated heterocycles. The SMILES string of the molecule is CC1(C)CCC(C)(C)c2cc(N(c3ccccc3)c3ccc(-c4ccc(N(c5ccccc5)c5ccc(-c6cccc7cccc(-c8ccccc8)c67)cc5)cc4)cc3)ccc21. The van der Waals surface area contributed by atoms with Crippen LogP contribution in [0.3, 0.4) is 0 Å². The van der Waals surface area contributed by atoms with E-state index in [9.17, 15) is 0 Å². The van der Waals surface area contributed by atoms with Gasteiger partial charge in [0.15, 0.2) is 0 Å². The summed E-state index contributed by atoms with van der Waals surface area (Å²) in [5.74, 6) is 0. The van der Waals surface area contributed by atoms with Crippen molar-refractivity contribution < 1.29 is 0 Å². The van der Waals surface area contributed by atoms with Gasteiger partial charge >= 0.3 is 0 Å². The van der Waals surface area contributed by atoms with Crippen molar-refractivity contribution in [3.63, 3.8) is 0 Å². The summed E-state index contributed by atoms with van der Waals surface area (Å²) in [4.78, 5) is 4.74. The van der Waals surface area contributed by atoms with E-state index < -0.39 is 0 Å². The van der Waals surface area contributed by atoms with Gasteiger partial charge in [0.2, 0.25) is 0 Å². The van der Waals surface area contributed by atoms with Crippen LogP contribution < -0.4 is 9.80 Å². The fourth-order valence-corrected chi connectivity index (χ4v) is 9.60. The molecule has 0 saturated carbocycles. The van der Waals surface area contributed by atoms with E-state index in [-0.39, 0.29) is 10.8 Å². The van der Waals surface area contributed by atoms with Crippen LogP contribution in [0.4, 0.5) is 34.1 Å². The molecule has 9 aromatic rings. The van der Waals surface area contributed by atoms with Crippen LogP contribution in [0.15, 0.2) is 218 Å². The number of nitrogens with zero attached hydrogens (tertiary/aromatic N) is 2. The molecule has 2 heteroatoms. The minimum Gasteiger partial charge on any atom is -0.311 e. The molecule has 0 aromatic heterocycles. The fourth-order valence-electron chi connectivity index (χ4n) is 9.60. The lowest BCUT2D eigenvalue weighted by Gasteiger charge is -2.42. The number of benzene rings is 9. The molecule has 0 bridgehead atoms. The molecule has 9 aromatic carbocycles. The maximum absolute atomic E-state index is 2.45. The van der Waals surface area contributed by atoms with Crippen molar-refractivity contribution in [1.82, 2.24) is 0 Å². The highest BCUT2D eigenvalue weighted by molar-refractivity contribution is 6.06. The van der Waals surface area contributed by atoms with Gasteiger partial charge in [-0.3, -0.25) is 0 Å². The normalized spacial score (nSPS) is 13.9. The molecule has 0 fully saturated rings. The topological polar surface area (TPSA) is 6.48 Å². The van der Waals surface area contributed by atoms with Crippen LogP contribution in [0.25, 0.3) is 44.2 Å². The van der Waals surface area contributed by atoms with Crippen LogP contribution in [0.1, 0.15) is 51.7 Å². The second-order valence-electron chi connectivity index (χ2n) is 18.1. The molecular formula is C60H52N2. The predicted molar refractivity (Wildman–Crippen MR) is 265 cm³/mol. The Morgan fingerprint density at radius 1 is 0.306 bits per heavy atom. The largest absolute Gasteiger partial charge is 0.311 e. The molecule has 0 N–H and O–H groups in total. The molecule has 302 valence electrons. The van der Waals surface area contributed by atoms with E-state index in [1.54, 1.807) is 0 Å². The first-order chi connectivity index (χ1) is 30.2. The summed E-state index contributed by atoms with van der Waals surface area (Å²) >= 11 is 0. The van der Waals surface area contributed by atoms with Crippen LogP contribution in [0.2, 0.25) is 0 Å². The standard InChI is InChI=1S/C60H52N2/c1-59(2)40-41-60(3,4)57-42-53(38-39-56(57)59)62(49-22-12-7-13-23-49)52-34-28-44(29-35-52)43-26-32-50(33-27-43)61(48-20-10-6-11-21-48)51-36-30-46(31-37-51)55-25-15-19-47-18-14-24-54(58(47)55)45-16-8-5-9-17-45/h5-39,42H,40-41H2,1-4H3. The predicted octanol–water partition coefficient (Wildman–Crippen LogP) is 17.1. The van der Waals surface area contributed by atoms with Gasteiger partial charge in [0.25, 0.3) is 0 Å². The molecule has 0 spiro atoms. The summed E-state index contributed by atoms with van der Waals surface area (Å²) in [7, 11) is 0. The summed E-state index contributed by atoms with van der Waals surface area (Å²) in [6.45, 7) is 9.60. The molecule has 62 heavy (non-hydrogen) atoms. The first kappa shape index (κ1) is 39.0. The van der Waals surface area contributed by atoms with Crippen molar-refractivity contribution in [2.24, 2.45) is 0 Å². The van der Waals surface area contributed by atoms with E-state index in [1.165, 1.54) is 73.8 Å². The minimum absolute atomic E-state index is 0.128. The highest BCUT2D eigenvalue weighted by Gasteiger charge is 2.37. The van der Waals surface area contributed by atoms with Gasteiger partial charge in [0.1, 0.15) is 0 Å². The van der Waals surface area contributed by atoms with Crippen molar-refractivity contribution in [1.29, 1.82) is 0 Å². The molecule has 10 rings (SSSR count). The minimum atomic E-state index is 0.128. The number of hydrogen-bond acceptors (Lipinski definition) is 2. The van der Waals surface area contributed by atoms with Gasteiger partial charge in [-0.1, -0.05) is 173 Å². The van der Waals surface area contributed by atoms with Crippen molar-refractivity contribution in [2.75, 3.05) is 9.80 Å². The van der Waals surface area contributed by atoms with Crippen LogP contribution in [-0.4, -0.2) is 0 Å². The van der Waals surface area contributed by atoms with E-state index in [2.05, 4.69) is 256 Å². The second-order valence-corrected chi connectivity index (χ2v) is 18.1. The third-order valence-electron chi connectivity index (χ3n) is 13.1. The Hall–Kier alpha value is -7.16. The number of fused-ring (bicyclic) bond motifs is 2. The van der Waals surface area contributed by atoms with Crippen molar-refractivity contribution >= 4 is 44.9 Å². The van der Waals surface area contributed by atoms with E-state index in [0.717, 1.165) is 28.4 Å². The van der Waals surface area contributed by atoms with Crippen molar-refractivity contribution in [2.45, 2.75) is 51.4 Å². The lowest BCUT2D eigenvalue weighted by molar-refractivity contribution is 0.332. The summed E-state index contributed by atoms with van der Waals surface area (Å²) in [6, 6.07) is 79.6. The zero-order chi connectivity index (χ0) is 42.3. The first-order valence-electron chi connectivity index (χ1n) is 22.0. The lowest BCUT2D eigenvalue weighted by Crippen LogP contribution is -2.34. The smallest absolute Gasteiger partial charge is 0.0464 e. The molecule has 1 aliphatic carbocycles. The lowest BCUT2D eigenvalue weighted by atomic mass is 9.63. The van der Waals surface area contributed by atoms with Gasteiger partial charge in [-0.05, 0) is 152 Å². The summed E-state index contributed by atoms with van der Waals surface area (Å²) in [6.07, 6.45) is 2.39. The van der Waals surface area contributed by atoms with E-state index in [4.69, 9.17) is 0 Å². The maximum Gasteiger partial charge on any atom is 0.0464 e. The summed E-state index contributed by atoms with van der Waals surface area (Å²) in [5.41, 5.74) is 17.3. The second kappa shape index (κ2) is 16.0. The maximum atomic E-state index is 2.45. The van der Waals surface area contributed by atoms with Crippen molar-refractivity contribution in [3.05, 3.63) is 230 Å². The molecule has 2 nitrogen and oxygen atoms in total. The van der Waals surface area contributed by atoms with Crippen LogP contribution in [-0.2, 0) is 10.8 Å². The van der Waals surface area contributed by atoms with Gasteiger partial charge in [0, 0.05) is 34.1 Å². The van der Waals surface area contributed by atoms with E-state index >= 15 is 0 Å². The highest BCUT2D eigenvalue weighted by atomic mass is 15.1. The number of hydrogen-bond donors (Lipinski definition) is 0. The number of anilines is 6. The molecule has 0 amide bonds. The average Bonchev–Trinajstić information content (AvgIpc) is 3.32. The van der Waals surface area contributed by atoms with Gasteiger partial charge in [-0.15, -0.1) is 0 Å². The van der Waals surface area contributed by atoms with Gasteiger partial charge in [0.05, 0.1) is 0 Å². The van der Waals surface area contributed by atoms with Crippen molar-refractivity contribution in [3.8, 4) is 33.4 Å². The first-order valence-corrected chi connectivity index (χ1v) is 22.0. The van der Waals surface area contributed by atoms with E-state index in [0.29, 0.717) is 0 Å². The summed E-state index contributed by atoms with van der Waals surface area (Å²) < 4.78 is 0. The molecular weight excluding hydrogens is 749 g/mol. The third-order valence-corrected chi connectivity index (χ3v) is 13.1. The Bertz CT molecular complexity index is 2960. The number of rotatable bonds is 9. The molecule has 0 atom stereocenters. The molecule has 1 aliphatic rings. The van der Waals surface area contributed by atoms with Crippen LogP contribution in [0, 0.1) is 0 Å². The number of para-hydroxylation sites is 2. The Morgan fingerprint density at radius 2 is 0.677 bits per heavy atom. The molecule has 0 unspecified atom stereocenters. The van der Waals surface area contributed by atoms with E-state index in [1.807, 2.05) is 0 Å². The van der Waals surface area contributed by atoms with Crippen LogP contribution in [0.5, 0.6) is 0 Å². The third kappa shape index (κ3) is 7.37. The fraction of sp³-hybridized carbons (Fsp3) is 0.133. The Labute approximate surface area is 367 Å². The van der Waals surface area contributed by atoms with Gasteiger partial charge in [-0.2, -0.15) is 0 Å². The zero-order valence-electron chi connectivity index (χ0n) is 36.1. The van der Waals surface area contributed by atoms with Crippen LogP contribution >= 0.6 is 0 Å². The van der Waals surface area contributed by atoms with Gasteiger partial charge in [-0.25, -0.2) is 0 Å². The monoisotopic (exact) mass is 800 g/mol. The molecule has 0 radical (unpaired) electrons. The zero-order valence-corrected chi connectivity index (χ0v) is 36.1. The summed E-state index contributed by atoms with van der Waals surface area (Å²) in [5, 5.41) is 2.52. The van der Waals surface area contributed by atoms with Gasteiger partial charge < -0.3 is 9.80 Å². The Morgan fingerprint density at radius 3 is 1.16 bits per heavy atom. The quantitative estimate of drug-likeness (QED) is 0.143. The highest BCUT2D eigenvalue weighted by Crippen LogP contribution is 2.48. The Balaban J connectivity index is 0.962.